The maximum atomic E-state index is 12.2. The van der Waals surface area contributed by atoms with Crippen molar-refractivity contribution < 1.29 is 13.2 Å². The predicted molar refractivity (Wildman–Crippen MR) is 73.7 cm³/mol. The third-order valence-corrected chi connectivity index (χ3v) is 4.58. The van der Waals surface area contributed by atoms with Gasteiger partial charge in [0.2, 0.25) is 15.9 Å². The zero-order valence-corrected chi connectivity index (χ0v) is 11.5. The Kier molecular flexibility index (Phi) is 2.60. The first-order valence-corrected chi connectivity index (χ1v) is 8.24. The molecule has 19 heavy (non-hydrogen) atoms. The molecule has 6 heteroatoms. The van der Waals surface area contributed by atoms with Gasteiger partial charge in [-0.15, -0.1) is 0 Å². The molecule has 5 nitrogen and oxygen atoms in total. The van der Waals surface area contributed by atoms with E-state index in [0.717, 1.165) is 43.2 Å². The van der Waals surface area contributed by atoms with Gasteiger partial charge in [-0.2, -0.15) is 0 Å². The standard InChI is InChI=1S/C13H16N2O3S/c1-19(17,18)15-9-4-5-11-10(8-9)13(12(16)14-11)6-2-3-7-13/h4-5,8,15H,2-3,6-7H2,1H3,(H,14,16). The molecule has 1 heterocycles. The Morgan fingerprint density at radius 2 is 1.95 bits per heavy atom. The molecule has 0 saturated heterocycles. The van der Waals surface area contributed by atoms with Gasteiger partial charge in [0.1, 0.15) is 0 Å². The minimum atomic E-state index is -3.30. The fourth-order valence-corrected chi connectivity index (χ4v) is 3.72. The summed E-state index contributed by atoms with van der Waals surface area (Å²) in [7, 11) is -3.30. The number of benzene rings is 1. The van der Waals surface area contributed by atoms with E-state index in [9.17, 15) is 13.2 Å². The number of nitrogens with one attached hydrogen (secondary N) is 2. The highest BCUT2D eigenvalue weighted by Crippen LogP contribution is 2.49. The fourth-order valence-electron chi connectivity index (χ4n) is 3.17. The summed E-state index contributed by atoms with van der Waals surface area (Å²) >= 11 is 0. The number of hydrogen-bond donors (Lipinski definition) is 2. The van der Waals surface area contributed by atoms with Crippen LogP contribution in [0.2, 0.25) is 0 Å². The molecule has 1 aromatic carbocycles. The molecule has 1 aliphatic heterocycles. The normalized spacial score (nSPS) is 20.4. The maximum absolute atomic E-state index is 12.2. The summed E-state index contributed by atoms with van der Waals surface area (Å²) in [5, 5.41) is 2.90. The van der Waals surface area contributed by atoms with Gasteiger partial charge in [0.15, 0.2) is 0 Å². The molecule has 1 spiro atoms. The Morgan fingerprint density at radius 3 is 2.58 bits per heavy atom. The van der Waals surface area contributed by atoms with Gasteiger partial charge in [-0.1, -0.05) is 12.8 Å². The van der Waals surface area contributed by atoms with Crippen molar-refractivity contribution in [1.82, 2.24) is 0 Å². The summed E-state index contributed by atoms with van der Waals surface area (Å²) in [5.41, 5.74) is 1.82. The summed E-state index contributed by atoms with van der Waals surface area (Å²) in [6.45, 7) is 0. The summed E-state index contributed by atoms with van der Waals surface area (Å²) in [4.78, 5) is 12.2. The first-order valence-electron chi connectivity index (χ1n) is 6.34. The van der Waals surface area contributed by atoms with Crippen LogP contribution in [0.1, 0.15) is 31.2 Å². The third kappa shape index (κ3) is 2.00. The van der Waals surface area contributed by atoms with E-state index in [1.807, 2.05) is 0 Å². The first kappa shape index (κ1) is 12.5. The van der Waals surface area contributed by atoms with Gasteiger partial charge in [-0.25, -0.2) is 8.42 Å². The van der Waals surface area contributed by atoms with Crippen molar-refractivity contribution in [3.63, 3.8) is 0 Å². The maximum Gasteiger partial charge on any atom is 0.235 e. The molecule has 3 rings (SSSR count). The predicted octanol–water partition coefficient (Wildman–Crippen LogP) is 1.82. The van der Waals surface area contributed by atoms with Gasteiger partial charge < -0.3 is 5.32 Å². The van der Waals surface area contributed by atoms with E-state index in [1.165, 1.54) is 0 Å². The summed E-state index contributed by atoms with van der Waals surface area (Å²) in [5.74, 6) is 0.0523. The van der Waals surface area contributed by atoms with Crippen LogP contribution >= 0.6 is 0 Å². The smallest absolute Gasteiger partial charge is 0.235 e. The number of anilines is 2. The number of sulfonamides is 1. The lowest BCUT2D eigenvalue weighted by molar-refractivity contribution is -0.120. The molecule has 1 amide bonds. The van der Waals surface area contributed by atoms with E-state index in [1.54, 1.807) is 18.2 Å². The molecule has 0 bridgehead atoms. The molecule has 0 unspecified atom stereocenters. The number of fused-ring (bicyclic) bond motifs is 2. The number of carbonyl (C=O) groups excluding carboxylic acids is 1. The highest BCUT2D eigenvalue weighted by Gasteiger charge is 2.48. The molecule has 0 aromatic heterocycles. The number of hydrogen-bond acceptors (Lipinski definition) is 3. The Hall–Kier alpha value is -1.56. The molecule has 1 fully saturated rings. The average molecular weight is 280 g/mol. The van der Waals surface area contributed by atoms with E-state index < -0.39 is 15.4 Å². The van der Waals surface area contributed by atoms with Gasteiger partial charge in [0, 0.05) is 11.4 Å². The highest BCUT2D eigenvalue weighted by molar-refractivity contribution is 7.92. The van der Waals surface area contributed by atoms with Crippen molar-refractivity contribution >= 4 is 27.3 Å². The van der Waals surface area contributed by atoms with E-state index in [0.29, 0.717) is 5.69 Å². The Morgan fingerprint density at radius 1 is 1.26 bits per heavy atom. The van der Waals surface area contributed by atoms with E-state index in [-0.39, 0.29) is 5.91 Å². The van der Waals surface area contributed by atoms with Crippen LogP contribution in [-0.2, 0) is 20.2 Å². The first-order chi connectivity index (χ1) is 8.91. The largest absolute Gasteiger partial charge is 0.325 e. The Balaban J connectivity index is 2.05. The summed E-state index contributed by atoms with van der Waals surface area (Å²) < 4.78 is 25.0. The summed E-state index contributed by atoms with van der Waals surface area (Å²) in [6.07, 6.45) is 4.88. The molecule has 1 aliphatic carbocycles. The lowest BCUT2D eigenvalue weighted by atomic mass is 9.80. The van der Waals surface area contributed by atoms with Gasteiger partial charge in [0.25, 0.3) is 0 Å². The fraction of sp³-hybridized carbons (Fsp3) is 0.462. The molecular formula is C13H16N2O3S. The van der Waals surface area contributed by atoms with Crippen LogP contribution in [0.4, 0.5) is 11.4 Å². The third-order valence-electron chi connectivity index (χ3n) is 3.98. The van der Waals surface area contributed by atoms with Crippen molar-refractivity contribution in [2.45, 2.75) is 31.1 Å². The van der Waals surface area contributed by atoms with E-state index in [4.69, 9.17) is 0 Å². The number of carbonyl (C=O) groups is 1. The lowest BCUT2D eigenvalue weighted by Gasteiger charge is -2.21. The van der Waals surface area contributed by atoms with Crippen LogP contribution in [0.15, 0.2) is 18.2 Å². The SMILES string of the molecule is CS(=O)(=O)Nc1ccc2c(c1)C1(CCCC1)C(=O)N2. The highest BCUT2D eigenvalue weighted by atomic mass is 32.2. The van der Waals surface area contributed by atoms with Crippen molar-refractivity contribution in [3.05, 3.63) is 23.8 Å². The molecule has 0 radical (unpaired) electrons. The molecular weight excluding hydrogens is 264 g/mol. The minimum Gasteiger partial charge on any atom is -0.325 e. The van der Waals surface area contributed by atoms with Crippen LogP contribution < -0.4 is 10.0 Å². The second kappa shape index (κ2) is 3.96. The van der Waals surface area contributed by atoms with Gasteiger partial charge in [-0.05, 0) is 36.6 Å². The zero-order valence-electron chi connectivity index (χ0n) is 10.7. The summed E-state index contributed by atoms with van der Waals surface area (Å²) in [6, 6.07) is 5.24. The van der Waals surface area contributed by atoms with Gasteiger partial charge in [0.05, 0.1) is 11.7 Å². The second-order valence-corrected chi connectivity index (χ2v) is 7.13. The monoisotopic (exact) mass is 280 g/mol. The quantitative estimate of drug-likeness (QED) is 0.867. The molecule has 2 N–H and O–H groups in total. The van der Waals surface area contributed by atoms with E-state index in [2.05, 4.69) is 10.0 Å². The van der Waals surface area contributed by atoms with Crippen LogP contribution in [0.25, 0.3) is 0 Å². The Labute approximate surface area is 112 Å². The average Bonchev–Trinajstić information content (AvgIpc) is 2.87. The number of amides is 1. The van der Waals surface area contributed by atoms with Gasteiger partial charge in [-0.3, -0.25) is 9.52 Å². The second-order valence-electron chi connectivity index (χ2n) is 5.38. The van der Waals surface area contributed by atoms with E-state index >= 15 is 0 Å². The van der Waals surface area contributed by atoms with Crippen molar-refractivity contribution in [2.24, 2.45) is 0 Å². The lowest BCUT2D eigenvalue weighted by Crippen LogP contribution is -2.31. The van der Waals surface area contributed by atoms with Crippen LogP contribution in [-0.4, -0.2) is 20.6 Å². The van der Waals surface area contributed by atoms with Crippen molar-refractivity contribution in [1.29, 1.82) is 0 Å². The molecule has 0 atom stereocenters. The van der Waals surface area contributed by atoms with Crippen LogP contribution in [0, 0.1) is 0 Å². The minimum absolute atomic E-state index is 0.0523. The number of rotatable bonds is 2. The van der Waals surface area contributed by atoms with Crippen LogP contribution in [0.5, 0.6) is 0 Å². The topological polar surface area (TPSA) is 75.3 Å². The van der Waals surface area contributed by atoms with Gasteiger partial charge >= 0.3 is 0 Å². The molecule has 1 saturated carbocycles. The van der Waals surface area contributed by atoms with Crippen molar-refractivity contribution in [2.75, 3.05) is 16.3 Å². The van der Waals surface area contributed by atoms with Crippen LogP contribution in [0.3, 0.4) is 0 Å². The molecule has 1 aromatic rings. The van der Waals surface area contributed by atoms with Crippen molar-refractivity contribution in [3.8, 4) is 0 Å². The Bertz CT molecular complexity index is 646. The zero-order chi connectivity index (χ0) is 13.7. The molecule has 102 valence electrons. The molecule has 2 aliphatic rings.